The second-order valence-electron chi connectivity index (χ2n) is 3.93. The van der Waals surface area contributed by atoms with E-state index >= 15 is 0 Å². The molecule has 2 nitrogen and oxygen atoms in total. The van der Waals surface area contributed by atoms with Gasteiger partial charge in [-0.15, -0.1) is 11.8 Å². The average Bonchev–Trinajstić information content (AvgIpc) is 2.39. The van der Waals surface area contributed by atoms with Gasteiger partial charge in [-0.05, 0) is 36.1 Å². The van der Waals surface area contributed by atoms with Crippen LogP contribution < -0.4 is 10.5 Å². The van der Waals surface area contributed by atoms with Crippen LogP contribution in [0, 0.1) is 0 Å². The van der Waals surface area contributed by atoms with Crippen molar-refractivity contribution in [3.8, 4) is 11.5 Å². The Morgan fingerprint density at radius 2 is 2.00 bits per heavy atom. The Bertz CT molecular complexity index is 560. The molecular formula is C15H16BrNOS. The summed E-state index contributed by atoms with van der Waals surface area (Å²) in [4.78, 5) is 1.19. The number of rotatable bonds is 5. The number of nitrogens with two attached hydrogens (primary N) is 1. The molecule has 19 heavy (non-hydrogen) atoms. The number of hydrogen-bond donors (Lipinski definition) is 1. The Kier molecular flexibility index (Phi) is 5.31. The number of thioether (sulfide) groups is 1. The summed E-state index contributed by atoms with van der Waals surface area (Å²) in [5.41, 5.74) is 6.93. The Morgan fingerprint density at radius 1 is 1.21 bits per heavy atom. The van der Waals surface area contributed by atoms with Crippen molar-refractivity contribution in [2.75, 3.05) is 5.75 Å². The second kappa shape index (κ2) is 6.98. The van der Waals surface area contributed by atoms with Gasteiger partial charge in [-0.3, -0.25) is 0 Å². The van der Waals surface area contributed by atoms with Gasteiger partial charge in [0.2, 0.25) is 0 Å². The van der Waals surface area contributed by atoms with Gasteiger partial charge in [-0.2, -0.15) is 0 Å². The third-order valence-electron chi connectivity index (χ3n) is 2.62. The predicted octanol–water partition coefficient (Wildman–Crippen LogP) is 4.81. The van der Waals surface area contributed by atoms with E-state index in [1.165, 1.54) is 4.90 Å². The molecule has 100 valence electrons. The summed E-state index contributed by atoms with van der Waals surface area (Å²) in [6, 6.07) is 13.9. The van der Waals surface area contributed by atoms with Crippen LogP contribution in [0.1, 0.15) is 12.5 Å². The highest BCUT2D eigenvalue weighted by atomic mass is 79.9. The van der Waals surface area contributed by atoms with Crippen molar-refractivity contribution in [1.29, 1.82) is 0 Å². The Morgan fingerprint density at radius 3 is 2.68 bits per heavy atom. The summed E-state index contributed by atoms with van der Waals surface area (Å²) in [6.07, 6.45) is 0. The van der Waals surface area contributed by atoms with Crippen LogP contribution in [-0.2, 0) is 6.54 Å². The van der Waals surface area contributed by atoms with E-state index in [0.717, 1.165) is 27.3 Å². The molecule has 0 aromatic heterocycles. The van der Waals surface area contributed by atoms with E-state index in [0.29, 0.717) is 6.54 Å². The van der Waals surface area contributed by atoms with E-state index in [4.69, 9.17) is 10.5 Å². The van der Waals surface area contributed by atoms with Crippen LogP contribution in [-0.4, -0.2) is 5.75 Å². The lowest BCUT2D eigenvalue weighted by molar-refractivity contribution is 0.474. The maximum absolute atomic E-state index is 5.94. The van der Waals surface area contributed by atoms with E-state index in [2.05, 4.69) is 28.9 Å². The molecule has 2 rings (SSSR count). The molecule has 0 amide bonds. The number of benzene rings is 2. The van der Waals surface area contributed by atoms with Gasteiger partial charge in [-0.1, -0.05) is 35.0 Å². The first kappa shape index (κ1) is 14.4. The summed E-state index contributed by atoms with van der Waals surface area (Å²) in [6.45, 7) is 2.61. The molecule has 0 spiro atoms. The Balaban J connectivity index is 2.31. The van der Waals surface area contributed by atoms with Gasteiger partial charge in [0.25, 0.3) is 0 Å². The fourth-order valence-corrected chi connectivity index (χ4v) is 3.01. The lowest BCUT2D eigenvalue weighted by Gasteiger charge is -2.13. The molecule has 2 N–H and O–H groups in total. The van der Waals surface area contributed by atoms with Crippen LogP contribution >= 0.6 is 27.7 Å². The van der Waals surface area contributed by atoms with E-state index in [-0.39, 0.29) is 0 Å². The van der Waals surface area contributed by atoms with Crippen LogP contribution in [0.3, 0.4) is 0 Å². The zero-order valence-corrected chi connectivity index (χ0v) is 13.1. The molecule has 0 saturated heterocycles. The topological polar surface area (TPSA) is 35.2 Å². The van der Waals surface area contributed by atoms with Crippen LogP contribution in [0.25, 0.3) is 0 Å². The van der Waals surface area contributed by atoms with Crippen molar-refractivity contribution in [3.05, 3.63) is 52.5 Å². The van der Waals surface area contributed by atoms with Gasteiger partial charge in [0.05, 0.1) is 0 Å². The maximum Gasteiger partial charge on any atom is 0.133 e. The fourth-order valence-electron chi connectivity index (χ4n) is 1.79. The SMILES string of the molecule is CCSc1cccc(Oc2cccc(Br)c2)c1CN. The Hall–Kier alpha value is -0.970. The first-order valence-corrected chi connectivity index (χ1v) is 7.90. The van der Waals surface area contributed by atoms with E-state index in [9.17, 15) is 0 Å². The molecule has 0 fully saturated rings. The highest BCUT2D eigenvalue weighted by molar-refractivity contribution is 9.10. The lowest BCUT2D eigenvalue weighted by atomic mass is 10.2. The first-order valence-electron chi connectivity index (χ1n) is 6.12. The van der Waals surface area contributed by atoms with Crippen LogP contribution in [0.2, 0.25) is 0 Å². The fraction of sp³-hybridized carbons (Fsp3) is 0.200. The second-order valence-corrected chi connectivity index (χ2v) is 6.15. The summed E-state index contributed by atoms with van der Waals surface area (Å²) in [5, 5.41) is 0. The first-order chi connectivity index (χ1) is 9.24. The largest absolute Gasteiger partial charge is 0.457 e. The summed E-state index contributed by atoms with van der Waals surface area (Å²) < 4.78 is 6.94. The smallest absolute Gasteiger partial charge is 0.133 e. The molecule has 4 heteroatoms. The number of halogens is 1. The van der Waals surface area contributed by atoms with E-state index < -0.39 is 0 Å². The molecule has 0 radical (unpaired) electrons. The molecule has 0 bridgehead atoms. The van der Waals surface area contributed by atoms with Crippen molar-refractivity contribution in [3.63, 3.8) is 0 Å². The number of ether oxygens (including phenoxy) is 1. The number of hydrogen-bond acceptors (Lipinski definition) is 3. The minimum Gasteiger partial charge on any atom is -0.457 e. The van der Waals surface area contributed by atoms with Crippen molar-refractivity contribution >= 4 is 27.7 Å². The van der Waals surface area contributed by atoms with Crippen molar-refractivity contribution in [2.45, 2.75) is 18.4 Å². The molecule has 0 aliphatic carbocycles. The molecule has 0 atom stereocenters. The minimum absolute atomic E-state index is 0.479. The molecule has 0 heterocycles. The molecule has 0 aliphatic rings. The molecule has 0 unspecified atom stereocenters. The van der Waals surface area contributed by atoms with Gasteiger partial charge in [0.15, 0.2) is 0 Å². The standard InChI is InChI=1S/C15H16BrNOS/c1-2-19-15-8-4-7-14(13(15)10-17)18-12-6-3-5-11(16)9-12/h3-9H,2,10,17H2,1H3. The van der Waals surface area contributed by atoms with Crippen LogP contribution in [0.15, 0.2) is 51.8 Å². The molecular weight excluding hydrogens is 322 g/mol. The normalized spacial score (nSPS) is 10.5. The summed E-state index contributed by atoms with van der Waals surface area (Å²) in [5.74, 6) is 2.66. The van der Waals surface area contributed by atoms with Crippen LogP contribution in [0.5, 0.6) is 11.5 Å². The third-order valence-corrected chi connectivity index (χ3v) is 4.09. The zero-order valence-electron chi connectivity index (χ0n) is 10.7. The molecule has 2 aromatic rings. The summed E-state index contributed by atoms with van der Waals surface area (Å²) >= 11 is 5.23. The highest BCUT2D eigenvalue weighted by Crippen LogP contribution is 2.33. The highest BCUT2D eigenvalue weighted by Gasteiger charge is 2.09. The van der Waals surface area contributed by atoms with E-state index in [1.807, 2.05) is 36.4 Å². The summed E-state index contributed by atoms with van der Waals surface area (Å²) in [7, 11) is 0. The van der Waals surface area contributed by atoms with E-state index in [1.54, 1.807) is 11.8 Å². The van der Waals surface area contributed by atoms with Gasteiger partial charge in [0.1, 0.15) is 11.5 Å². The predicted molar refractivity (Wildman–Crippen MR) is 84.9 cm³/mol. The Labute approximate surface area is 126 Å². The lowest BCUT2D eigenvalue weighted by Crippen LogP contribution is -2.01. The molecule has 0 saturated carbocycles. The van der Waals surface area contributed by atoms with Crippen molar-refractivity contribution in [1.82, 2.24) is 0 Å². The third kappa shape index (κ3) is 3.75. The van der Waals surface area contributed by atoms with Crippen molar-refractivity contribution < 1.29 is 4.74 Å². The molecule has 2 aromatic carbocycles. The quantitative estimate of drug-likeness (QED) is 0.795. The molecule has 0 aliphatic heterocycles. The maximum atomic E-state index is 5.94. The van der Waals surface area contributed by atoms with Gasteiger partial charge < -0.3 is 10.5 Å². The minimum atomic E-state index is 0.479. The monoisotopic (exact) mass is 337 g/mol. The van der Waals surface area contributed by atoms with Gasteiger partial charge in [0, 0.05) is 21.5 Å². The average molecular weight is 338 g/mol. The van der Waals surface area contributed by atoms with Gasteiger partial charge >= 0.3 is 0 Å². The zero-order chi connectivity index (χ0) is 13.7. The van der Waals surface area contributed by atoms with Gasteiger partial charge in [-0.25, -0.2) is 0 Å². The van der Waals surface area contributed by atoms with Crippen LogP contribution in [0.4, 0.5) is 0 Å². The van der Waals surface area contributed by atoms with Crippen molar-refractivity contribution in [2.24, 2.45) is 5.73 Å².